The summed E-state index contributed by atoms with van der Waals surface area (Å²) in [4.78, 5) is 8.22. The Balaban J connectivity index is 2.18. The molecule has 0 aliphatic carbocycles. The average Bonchev–Trinajstić information content (AvgIpc) is 2.71. The molecule has 0 fully saturated rings. The van der Waals surface area contributed by atoms with Gasteiger partial charge in [-0.1, -0.05) is 0 Å². The first-order chi connectivity index (χ1) is 7.25. The molecule has 4 nitrogen and oxygen atoms in total. The fraction of sp³-hybridized carbons (Fsp3) is 0.200. The molecule has 0 aliphatic heterocycles. The van der Waals surface area contributed by atoms with E-state index in [1.54, 1.807) is 12.4 Å². The van der Waals surface area contributed by atoms with Crippen LogP contribution in [0.1, 0.15) is 18.5 Å². The lowest BCUT2D eigenvalue weighted by atomic mass is 10.1. The minimum absolute atomic E-state index is 0.0110. The fourth-order valence-electron chi connectivity index (χ4n) is 1.11. The van der Waals surface area contributed by atoms with Gasteiger partial charge in [0.15, 0.2) is 0 Å². The van der Waals surface area contributed by atoms with Crippen molar-refractivity contribution in [2.45, 2.75) is 23.2 Å². The SMILES string of the molecule is CC(N)c1ccnc(Sc2ncco2)c1. The molecule has 2 heterocycles. The van der Waals surface area contributed by atoms with Crippen LogP contribution in [0.2, 0.25) is 0 Å². The van der Waals surface area contributed by atoms with E-state index in [1.165, 1.54) is 18.0 Å². The van der Waals surface area contributed by atoms with Gasteiger partial charge in [-0.05, 0) is 36.4 Å². The minimum atomic E-state index is 0.0110. The lowest BCUT2D eigenvalue weighted by Crippen LogP contribution is -2.04. The smallest absolute Gasteiger partial charge is 0.261 e. The Kier molecular flexibility index (Phi) is 3.03. The molecule has 0 bridgehead atoms. The molecule has 0 spiro atoms. The van der Waals surface area contributed by atoms with Gasteiger partial charge in [0.25, 0.3) is 5.22 Å². The zero-order valence-corrected chi connectivity index (χ0v) is 9.07. The van der Waals surface area contributed by atoms with Gasteiger partial charge in [0.2, 0.25) is 0 Å². The first kappa shape index (κ1) is 10.2. The summed E-state index contributed by atoms with van der Waals surface area (Å²) in [5.74, 6) is 0. The van der Waals surface area contributed by atoms with Crippen LogP contribution in [0.3, 0.4) is 0 Å². The number of rotatable bonds is 3. The molecule has 0 saturated carbocycles. The van der Waals surface area contributed by atoms with Crippen molar-refractivity contribution < 1.29 is 4.42 Å². The predicted molar refractivity (Wildman–Crippen MR) is 57.5 cm³/mol. The second-order valence-electron chi connectivity index (χ2n) is 3.12. The normalized spacial score (nSPS) is 12.7. The van der Waals surface area contributed by atoms with Gasteiger partial charge in [-0.25, -0.2) is 9.97 Å². The highest BCUT2D eigenvalue weighted by Crippen LogP contribution is 2.25. The van der Waals surface area contributed by atoms with Gasteiger partial charge in [0.1, 0.15) is 11.3 Å². The highest BCUT2D eigenvalue weighted by molar-refractivity contribution is 7.99. The molecular formula is C10H11N3OS. The van der Waals surface area contributed by atoms with E-state index in [-0.39, 0.29) is 6.04 Å². The van der Waals surface area contributed by atoms with E-state index >= 15 is 0 Å². The van der Waals surface area contributed by atoms with Crippen molar-refractivity contribution in [3.05, 3.63) is 36.4 Å². The Morgan fingerprint density at radius 1 is 1.40 bits per heavy atom. The maximum absolute atomic E-state index is 5.78. The Bertz CT molecular complexity index is 428. The lowest BCUT2D eigenvalue weighted by molar-refractivity contribution is 0.454. The highest BCUT2D eigenvalue weighted by atomic mass is 32.2. The Morgan fingerprint density at radius 2 is 2.27 bits per heavy atom. The largest absolute Gasteiger partial charge is 0.440 e. The van der Waals surface area contributed by atoms with Crippen LogP contribution in [0.4, 0.5) is 0 Å². The number of oxazole rings is 1. The molecule has 15 heavy (non-hydrogen) atoms. The van der Waals surface area contributed by atoms with Crippen molar-refractivity contribution >= 4 is 11.8 Å². The maximum Gasteiger partial charge on any atom is 0.261 e. The van der Waals surface area contributed by atoms with Crippen LogP contribution in [-0.4, -0.2) is 9.97 Å². The van der Waals surface area contributed by atoms with Gasteiger partial charge in [0, 0.05) is 12.2 Å². The average molecular weight is 221 g/mol. The Labute approximate surface area is 91.9 Å². The monoisotopic (exact) mass is 221 g/mol. The third-order valence-corrected chi connectivity index (χ3v) is 2.69. The third kappa shape index (κ3) is 2.57. The Morgan fingerprint density at radius 3 is 2.93 bits per heavy atom. The molecule has 0 amide bonds. The zero-order valence-electron chi connectivity index (χ0n) is 8.25. The van der Waals surface area contributed by atoms with Crippen molar-refractivity contribution in [1.82, 2.24) is 9.97 Å². The summed E-state index contributed by atoms with van der Waals surface area (Å²) < 4.78 is 5.12. The molecule has 5 heteroatoms. The molecule has 0 aromatic carbocycles. The van der Waals surface area contributed by atoms with E-state index in [0.717, 1.165) is 10.6 Å². The molecule has 0 radical (unpaired) electrons. The second-order valence-corrected chi connectivity index (χ2v) is 4.09. The van der Waals surface area contributed by atoms with Crippen molar-refractivity contribution in [3.63, 3.8) is 0 Å². The number of hydrogen-bond acceptors (Lipinski definition) is 5. The first-order valence-corrected chi connectivity index (χ1v) is 5.36. The summed E-state index contributed by atoms with van der Waals surface area (Å²) in [6.07, 6.45) is 4.89. The van der Waals surface area contributed by atoms with Crippen molar-refractivity contribution in [2.75, 3.05) is 0 Å². The van der Waals surface area contributed by atoms with Crippen LogP contribution in [0, 0.1) is 0 Å². The summed E-state index contributed by atoms with van der Waals surface area (Å²) >= 11 is 1.38. The summed E-state index contributed by atoms with van der Waals surface area (Å²) in [5, 5.41) is 1.43. The fourth-order valence-corrected chi connectivity index (χ4v) is 1.82. The van der Waals surface area contributed by atoms with Gasteiger partial charge in [-0.15, -0.1) is 0 Å². The minimum Gasteiger partial charge on any atom is -0.440 e. The molecule has 0 saturated heterocycles. The van der Waals surface area contributed by atoms with Crippen LogP contribution in [-0.2, 0) is 0 Å². The summed E-state index contributed by atoms with van der Waals surface area (Å²) in [5.41, 5.74) is 6.83. The van der Waals surface area contributed by atoms with Crippen LogP contribution in [0.15, 0.2) is 45.5 Å². The topological polar surface area (TPSA) is 64.9 Å². The van der Waals surface area contributed by atoms with Crippen molar-refractivity contribution in [1.29, 1.82) is 0 Å². The van der Waals surface area contributed by atoms with Crippen molar-refractivity contribution in [2.24, 2.45) is 5.73 Å². The van der Waals surface area contributed by atoms with Crippen molar-refractivity contribution in [3.8, 4) is 0 Å². The molecular weight excluding hydrogens is 210 g/mol. The van der Waals surface area contributed by atoms with E-state index in [2.05, 4.69) is 9.97 Å². The standard InChI is InChI=1S/C10H11N3OS/c1-7(11)8-2-3-12-9(6-8)15-10-13-4-5-14-10/h2-7H,11H2,1H3. The summed E-state index contributed by atoms with van der Waals surface area (Å²) in [7, 11) is 0. The lowest BCUT2D eigenvalue weighted by Gasteiger charge is -2.05. The van der Waals surface area contributed by atoms with Crippen LogP contribution in [0.25, 0.3) is 0 Å². The number of nitrogens with zero attached hydrogens (tertiary/aromatic N) is 2. The van der Waals surface area contributed by atoms with Crippen LogP contribution < -0.4 is 5.73 Å². The van der Waals surface area contributed by atoms with Gasteiger partial charge in [-0.3, -0.25) is 0 Å². The maximum atomic E-state index is 5.78. The van der Waals surface area contributed by atoms with Crippen LogP contribution >= 0.6 is 11.8 Å². The van der Waals surface area contributed by atoms with Gasteiger partial charge < -0.3 is 10.2 Å². The number of hydrogen-bond donors (Lipinski definition) is 1. The number of pyridine rings is 1. The second kappa shape index (κ2) is 4.46. The molecule has 2 aromatic rings. The van der Waals surface area contributed by atoms with E-state index < -0.39 is 0 Å². The van der Waals surface area contributed by atoms with E-state index in [0.29, 0.717) is 5.22 Å². The zero-order chi connectivity index (χ0) is 10.7. The molecule has 2 rings (SSSR count). The van der Waals surface area contributed by atoms with Gasteiger partial charge in [-0.2, -0.15) is 0 Å². The number of nitrogens with two attached hydrogens (primary N) is 1. The van der Waals surface area contributed by atoms with Crippen LogP contribution in [0.5, 0.6) is 0 Å². The summed E-state index contributed by atoms with van der Waals surface area (Å²) in [6, 6.07) is 3.86. The van der Waals surface area contributed by atoms with Gasteiger partial charge in [0.05, 0.1) is 6.20 Å². The molecule has 2 aromatic heterocycles. The van der Waals surface area contributed by atoms with E-state index in [9.17, 15) is 0 Å². The Hall–Kier alpha value is -1.33. The molecule has 2 N–H and O–H groups in total. The number of aromatic nitrogens is 2. The molecule has 78 valence electrons. The van der Waals surface area contributed by atoms with Gasteiger partial charge >= 0.3 is 0 Å². The summed E-state index contributed by atoms with van der Waals surface area (Å²) in [6.45, 7) is 1.94. The van der Waals surface area contributed by atoms with E-state index in [4.69, 9.17) is 10.2 Å². The third-order valence-electron chi connectivity index (χ3n) is 1.89. The first-order valence-electron chi connectivity index (χ1n) is 4.54. The van der Waals surface area contributed by atoms with E-state index in [1.807, 2.05) is 19.1 Å². The molecule has 0 aliphatic rings. The quantitative estimate of drug-likeness (QED) is 0.861. The highest BCUT2D eigenvalue weighted by Gasteiger charge is 2.05. The molecule has 1 unspecified atom stereocenters. The molecule has 1 atom stereocenters. The predicted octanol–water partition coefficient (Wildman–Crippen LogP) is 2.24.